The van der Waals surface area contributed by atoms with Gasteiger partial charge < -0.3 is 10.2 Å². The van der Waals surface area contributed by atoms with Crippen LogP contribution in [-0.4, -0.2) is 72.0 Å². The van der Waals surface area contributed by atoms with Crippen LogP contribution in [0.5, 0.6) is 0 Å². The Bertz CT molecular complexity index is 1260. The summed E-state index contributed by atoms with van der Waals surface area (Å²) >= 11 is 1.25. The van der Waals surface area contributed by atoms with Gasteiger partial charge in [0.2, 0.25) is 15.9 Å². The van der Waals surface area contributed by atoms with Gasteiger partial charge in [-0.05, 0) is 31.2 Å². The number of halogens is 1. The number of nitrogens with one attached hydrogen (secondary N) is 1. The van der Waals surface area contributed by atoms with E-state index in [4.69, 9.17) is 0 Å². The Kier molecular flexibility index (Phi) is 7.11. The minimum atomic E-state index is -3.94. The zero-order chi connectivity index (χ0) is 23.4. The second-order valence-electron chi connectivity index (χ2n) is 7.41. The van der Waals surface area contributed by atoms with Gasteiger partial charge in [-0.15, -0.1) is 0 Å². The smallest absolute Gasteiger partial charge is 0.246 e. The van der Waals surface area contributed by atoms with E-state index in [0.29, 0.717) is 11.7 Å². The summed E-state index contributed by atoms with van der Waals surface area (Å²) in [6.45, 7) is 3.42. The van der Waals surface area contributed by atoms with E-state index in [1.807, 2.05) is 31.2 Å². The van der Waals surface area contributed by atoms with Gasteiger partial charge in [0.25, 0.3) is 0 Å². The summed E-state index contributed by atoms with van der Waals surface area (Å²) in [5.74, 6) is -0.0290. The highest BCUT2D eigenvalue weighted by Gasteiger charge is 2.31. The molecule has 1 aliphatic heterocycles. The predicted octanol–water partition coefficient (Wildman–Crippen LogP) is 2.83. The summed E-state index contributed by atoms with van der Waals surface area (Å²) in [6.07, 6.45) is 0. The maximum atomic E-state index is 14.0. The van der Waals surface area contributed by atoms with E-state index in [0.717, 1.165) is 22.8 Å². The van der Waals surface area contributed by atoms with Crippen LogP contribution in [0.3, 0.4) is 0 Å². The lowest BCUT2D eigenvalue weighted by Gasteiger charge is -2.34. The van der Waals surface area contributed by atoms with Crippen molar-refractivity contribution in [3.05, 3.63) is 54.3 Å². The zero-order valence-electron chi connectivity index (χ0n) is 18.1. The maximum absolute atomic E-state index is 14.0. The van der Waals surface area contributed by atoms with E-state index in [1.54, 1.807) is 4.90 Å². The monoisotopic (exact) mass is 489 g/mol. The van der Waals surface area contributed by atoms with E-state index >= 15 is 0 Å². The number of para-hydroxylation sites is 1. The Balaban J connectivity index is 1.38. The van der Waals surface area contributed by atoms with Crippen LogP contribution in [0.4, 0.5) is 10.2 Å². The third kappa shape index (κ3) is 5.10. The third-order valence-corrected chi connectivity index (χ3v) is 8.06. The van der Waals surface area contributed by atoms with Gasteiger partial charge in [-0.25, -0.2) is 22.8 Å². The summed E-state index contributed by atoms with van der Waals surface area (Å²) in [7, 11) is -3.94. The molecule has 0 radical (unpaired) electrons. The number of sulfonamides is 1. The molecule has 174 valence electrons. The fourth-order valence-electron chi connectivity index (χ4n) is 3.61. The van der Waals surface area contributed by atoms with Gasteiger partial charge in [0.15, 0.2) is 5.16 Å². The van der Waals surface area contributed by atoms with Crippen LogP contribution in [0.1, 0.15) is 6.92 Å². The molecular formula is C22H24FN5O3S2. The summed E-state index contributed by atoms with van der Waals surface area (Å²) in [6, 6.07) is 13.0. The quantitative estimate of drug-likeness (QED) is 0.403. The number of thioether (sulfide) groups is 1. The molecule has 2 heterocycles. The van der Waals surface area contributed by atoms with Crippen LogP contribution < -0.4 is 5.32 Å². The fraction of sp³-hybridized carbons (Fsp3) is 0.318. The van der Waals surface area contributed by atoms with Gasteiger partial charge in [-0.1, -0.05) is 36.0 Å². The second kappa shape index (κ2) is 10.0. The van der Waals surface area contributed by atoms with Crippen molar-refractivity contribution < 1.29 is 17.6 Å². The Morgan fingerprint density at radius 2 is 1.76 bits per heavy atom. The third-order valence-electron chi connectivity index (χ3n) is 5.30. The summed E-state index contributed by atoms with van der Waals surface area (Å²) in [5.41, 5.74) is 0.797. The van der Waals surface area contributed by atoms with Gasteiger partial charge >= 0.3 is 0 Å². The number of benzene rings is 2. The van der Waals surface area contributed by atoms with E-state index < -0.39 is 15.8 Å². The molecule has 2 aromatic carbocycles. The number of fused-ring (bicyclic) bond motifs is 1. The molecule has 0 saturated carbocycles. The van der Waals surface area contributed by atoms with Crippen molar-refractivity contribution in [2.75, 3.05) is 43.8 Å². The van der Waals surface area contributed by atoms with Gasteiger partial charge in [-0.3, -0.25) is 4.79 Å². The van der Waals surface area contributed by atoms with Crippen LogP contribution in [0.2, 0.25) is 0 Å². The number of nitrogens with zero attached hydrogens (tertiary/aromatic N) is 4. The van der Waals surface area contributed by atoms with Gasteiger partial charge in [-0.2, -0.15) is 4.31 Å². The molecule has 0 aliphatic carbocycles. The highest BCUT2D eigenvalue weighted by atomic mass is 32.2. The molecule has 3 aromatic rings. The first-order valence-corrected chi connectivity index (χ1v) is 13.0. The first-order valence-electron chi connectivity index (χ1n) is 10.6. The number of piperazine rings is 1. The second-order valence-corrected chi connectivity index (χ2v) is 10.3. The number of aromatic nitrogens is 2. The van der Waals surface area contributed by atoms with Gasteiger partial charge in [0.1, 0.15) is 16.5 Å². The topological polar surface area (TPSA) is 95.5 Å². The van der Waals surface area contributed by atoms with Crippen LogP contribution in [0.25, 0.3) is 10.9 Å². The van der Waals surface area contributed by atoms with Gasteiger partial charge in [0.05, 0.1) is 11.3 Å². The lowest BCUT2D eigenvalue weighted by atomic mass is 10.2. The average Bonchev–Trinajstić information content (AvgIpc) is 2.83. The minimum absolute atomic E-state index is 0.115. The molecule has 0 unspecified atom stereocenters. The number of rotatable bonds is 7. The molecule has 0 bridgehead atoms. The van der Waals surface area contributed by atoms with Crippen molar-refractivity contribution in [1.82, 2.24) is 19.2 Å². The lowest BCUT2D eigenvalue weighted by Crippen LogP contribution is -2.51. The molecule has 0 atom stereocenters. The highest BCUT2D eigenvalue weighted by Crippen LogP contribution is 2.25. The molecule has 33 heavy (non-hydrogen) atoms. The number of carbonyl (C=O) groups excluding carboxylic acids is 1. The number of carbonyl (C=O) groups is 1. The summed E-state index contributed by atoms with van der Waals surface area (Å²) < 4.78 is 40.7. The molecule has 1 saturated heterocycles. The average molecular weight is 490 g/mol. The van der Waals surface area contributed by atoms with E-state index in [2.05, 4.69) is 15.3 Å². The van der Waals surface area contributed by atoms with Crippen LogP contribution in [0, 0.1) is 5.82 Å². The van der Waals surface area contributed by atoms with Crippen molar-refractivity contribution in [2.45, 2.75) is 17.0 Å². The SMILES string of the molecule is CCNc1nc(SCC(=O)N2CCN(S(=O)(=O)c3ccccc3F)CC2)nc2ccccc12. The molecule has 1 amide bonds. The standard InChI is InChI=1S/C22H24FN5O3S2/c1-2-24-21-16-7-3-5-9-18(16)25-22(26-21)32-15-20(29)27-11-13-28(14-12-27)33(30,31)19-10-6-4-8-17(19)23/h3-10H,2,11-15H2,1H3,(H,24,25,26). The number of amides is 1. The highest BCUT2D eigenvalue weighted by molar-refractivity contribution is 7.99. The van der Waals surface area contributed by atoms with Crippen molar-refractivity contribution in [3.63, 3.8) is 0 Å². The maximum Gasteiger partial charge on any atom is 0.246 e. The van der Waals surface area contributed by atoms with E-state index in [9.17, 15) is 17.6 Å². The van der Waals surface area contributed by atoms with Crippen LogP contribution in [-0.2, 0) is 14.8 Å². The fourth-order valence-corrected chi connectivity index (χ4v) is 5.85. The zero-order valence-corrected chi connectivity index (χ0v) is 19.7. The molecule has 1 aliphatic rings. The lowest BCUT2D eigenvalue weighted by molar-refractivity contribution is -0.129. The van der Waals surface area contributed by atoms with Crippen molar-refractivity contribution in [3.8, 4) is 0 Å². The Morgan fingerprint density at radius 1 is 1.06 bits per heavy atom. The molecule has 1 aromatic heterocycles. The summed E-state index contributed by atoms with van der Waals surface area (Å²) in [4.78, 5) is 23.1. The summed E-state index contributed by atoms with van der Waals surface area (Å²) in [5, 5.41) is 4.65. The van der Waals surface area contributed by atoms with Crippen LogP contribution in [0.15, 0.2) is 58.6 Å². The normalized spacial score (nSPS) is 15.0. The van der Waals surface area contributed by atoms with E-state index in [1.165, 1.54) is 34.3 Å². The first-order chi connectivity index (χ1) is 15.9. The molecule has 4 rings (SSSR count). The molecule has 0 spiro atoms. The predicted molar refractivity (Wildman–Crippen MR) is 126 cm³/mol. The molecule has 1 N–H and O–H groups in total. The van der Waals surface area contributed by atoms with Gasteiger partial charge in [0, 0.05) is 38.1 Å². The Labute approximate surface area is 196 Å². The van der Waals surface area contributed by atoms with Crippen molar-refractivity contribution in [2.24, 2.45) is 0 Å². The Hall–Kier alpha value is -2.76. The molecule has 8 nitrogen and oxygen atoms in total. The number of anilines is 1. The van der Waals surface area contributed by atoms with Crippen LogP contribution >= 0.6 is 11.8 Å². The van der Waals surface area contributed by atoms with Crippen molar-refractivity contribution >= 4 is 44.4 Å². The molecular weight excluding hydrogens is 465 g/mol. The molecule has 1 fully saturated rings. The Morgan fingerprint density at radius 3 is 2.48 bits per heavy atom. The number of hydrogen-bond donors (Lipinski definition) is 1. The minimum Gasteiger partial charge on any atom is -0.370 e. The number of hydrogen-bond acceptors (Lipinski definition) is 7. The van der Waals surface area contributed by atoms with E-state index in [-0.39, 0.29) is 42.7 Å². The molecule has 11 heteroatoms. The first kappa shape index (κ1) is 23.4. The van der Waals surface area contributed by atoms with Crippen molar-refractivity contribution in [1.29, 1.82) is 0 Å². The largest absolute Gasteiger partial charge is 0.370 e.